The summed E-state index contributed by atoms with van der Waals surface area (Å²) in [5.74, 6) is 0.691. The Hall–Kier alpha value is -2.62. The van der Waals surface area contributed by atoms with Crippen molar-refractivity contribution in [1.29, 1.82) is 0 Å². The lowest BCUT2D eigenvalue weighted by molar-refractivity contribution is -0.648. The Bertz CT molecular complexity index is 1090. The van der Waals surface area contributed by atoms with Crippen molar-refractivity contribution in [2.45, 2.75) is 6.54 Å². The molecule has 0 atom stereocenters. The van der Waals surface area contributed by atoms with E-state index < -0.39 is 6.98 Å². The summed E-state index contributed by atoms with van der Waals surface area (Å²) in [5.41, 5.74) is 4.48. The Morgan fingerprint density at radius 1 is 1.30 bits per heavy atom. The van der Waals surface area contributed by atoms with Gasteiger partial charge >= 0.3 is 5.89 Å². The summed E-state index contributed by atoms with van der Waals surface area (Å²) in [6.07, 6.45) is 1.67. The fourth-order valence-corrected chi connectivity index (χ4v) is 3.05. The Balaban J connectivity index is 1.96. The summed E-state index contributed by atoms with van der Waals surface area (Å²) in [5, 5.41) is 0. The maximum Gasteiger partial charge on any atom is 0.383 e. The first-order chi connectivity index (χ1) is 11.1. The number of hydrogen-bond acceptors (Lipinski definition) is 2. The van der Waals surface area contributed by atoms with Gasteiger partial charge in [-0.15, -0.1) is 4.57 Å². The number of nitrogens with zero attached hydrogens (tertiary/aromatic N) is 3. The van der Waals surface area contributed by atoms with E-state index in [1.165, 1.54) is 10.1 Å². The summed E-state index contributed by atoms with van der Waals surface area (Å²) in [7, 11) is 0. The molecule has 0 N–H and O–H groups in total. The van der Waals surface area contributed by atoms with Gasteiger partial charge in [-0.05, 0) is 18.2 Å². The zero-order chi connectivity index (χ0) is 15.8. The first kappa shape index (κ1) is 7.85. The van der Waals surface area contributed by atoms with Gasteiger partial charge in [0, 0.05) is 22.8 Å². The van der Waals surface area contributed by atoms with Crippen LogP contribution in [0.15, 0.2) is 47.0 Å². The molecule has 4 heterocycles. The van der Waals surface area contributed by atoms with Crippen molar-refractivity contribution in [3.63, 3.8) is 0 Å². The molecule has 0 aliphatic carbocycles. The van der Waals surface area contributed by atoms with Crippen molar-refractivity contribution in [1.82, 2.24) is 9.55 Å². The largest absolute Gasteiger partial charge is 0.383 e. The first-order valence-electron chi connectivity index (χ1n) is 7.96. The standard InChI is InChI=1S/C16H12N3O/c1-18-12-7-4-8-17-13(12)14-16(18)20-15-11-6-3-2-5-10(11)9-19(14)15/h2-8H,9H2,1H3/q+1/i1D3. The molecule has 4 nitrogen and oxygen atoms in total. The van der Waals surface area contributed by atoms with Crippen LogP contribution in [0.1, 0.15) is 9.68 Å². The summed E-state index contributed by atoms with van der Waals surface area (Å²) < 4.78 is 32.8. The van der Waals surface area contributed by atoms with E-state index in [-0.39, 0.29) is 0 Å². The molecule has 96 valence electrons. The van der Waals surface area contributed by atoms with Gasteiger partial charge in [0.1, 0.15) is 0 Å². The van der Waals surface area contributed by atoms with E-state index in [1.54, 1.807) is 18.3 Å². The summed E-state index contributed by atoms with van der Waals surface area (Å²) >= 11 is 0. The molecule has 3 aromatic heterocycles. The van der Waals surface area contributed by atoms with Crippen molar-refractivity contribution in [2.24, 2.45) is 6.98 Å². The minimum atomic E-state index is -2.32. The number of pyridine rings is 1. The highest BCUT2D eigenvalue weighted by Crippen LogP contribution is 2.34. The van der Waals surface area contributed by atoms with Crippen LogP contribution in [0, 0.1) is 0 Å². The van der Waals surface area contributed by atoms with Gasteiger partial charge < -0.3 is 8.98 Å². The summed E-state index contributed by atoms with van der Waals surface area (Å²) in [4.78, 5) is 4.40. The third-order valence-electron chi connectivity index (χ3n) is 3.94. The molecule has 0 fully saturated rings. The van der Waals surface area contributed by atoms with E-state index >= 15 is 0 Å². The SMILES string of the molecule is [2H]C([2H])([2H])n1c2cccnc2c2c1oc1[n+]2Cc2ccccc2-1. The number of aryl methyl sites for hydroxylation is 1. The molecule has 5 rings (SSSR count). The van der Waals surface area contributed by atoms with E-state index in [2.05, 4.69) is 11.1 Å². The number of hydrogen-bond donors (Lipinski definition) is 0. The van der Waals surface area contributed by atoms with Crippen molar-refractivity contribution in [3.05, 3.63) is 48.2 Å². The van der Waals surface area contributed by atoms with Crippen LogP contribution in [0.3, 0.4) is 0 Å². The zero-order valence-corrected chi connectivity index (χ0v) is 10.5. The fraction of sp³-hybridized carbons (Fsp3) is 0.125. The third-order valence-corrected chi connectivity index (χ3v) is 3.94. The second kappa shape index (κ2) is 3.28. The van der Waals surface area contributed by atoms with Crippen LogP contribution in [-0.4, -0.2) is 9.55 Å². The van der Waals surface area contributed by atoms with Crippen LogP contribution in [0.2, 0.25) is 0 Å². The zero-order valence-electron chi connectivity index (χ0n) is 13.5. The normalized spacial score (nSPS) is 15.9. The fourth-order valence-electron chi connectivity index (χ4n) is 3.05. The van der Waals surface area contributed by atoms with Crippen LogP contribution in [0.4, 0.5) is 0 Å². The van der Waals surface area contributed by atoms with Gasteiger partial charge in [-0.2, -0.15) is 0 Å². The molecule has 4 heteroatoms. The minimum absolute atomic E-state index is 0.350. The molecule has 1 aromatic carbocycles. The average molecular weight is 265 g/mol. The molecule has 0 saturated heterocycles. The second-order valence-corrected chi connectivity index (χ2v) is 5.01. The summed E-state index contributed by atoms with van der Waals surface area (Å²) in [6.45, 7) is -1.66. The highest BCUT2D eigenvalue weighted by Gasteiger charge is 2.36. The maximum atomic E-state index is 7.85. The number of rotatable bonds is 0. The molecular weight excluding hydrogens is 250 g/mol. The smallest absolute Gasteiger partial charge is 0.380 e. The first-order valence-corrected chi connectivity index (χ1v) is 6.46. The van der Waals surface area contributed by atoms with E-state index in [9.17, 15) is 0 Å². The molecular formula is C16H12N3O+. The van der Waals surface area contributed by atoms with Gasteiger partial charge in [0.15, 0.2) is 12.1 Å². The second-order valence-electron chi connectivity index (χ2n) is 5.01. The Morgan fingerprint density at radius 3 is 3.20 bits per heavy atom. The van der Waals surface area contributed by atoms with Crippen LogP contribution in [0.25, 0.3) is 33.7 Å². The number of fused-ring (bicyclic) bond motifs is 7. The lowest BCUT2D eigenvalue weighted by Gasteiger charge is -1.93. The monoisotopic (exact) mass is 265 g/mol. The van der Waals surface area contributed by atoms with Crippen molar-refractivity contribution in [2.75, 3.05) is 0 Å². The van der Waals surface area contributed by atoms with Gasteiger partial charge in [-0.3, -0.25) is 0 Å². The highest BCUT2D eigenvalue weighted by molar-refractivity contribution is 5.99. The third kappa shape index (κ3) is 1.04. The molecule has 0 saturated carbocycles. The molecule has 20 heavy (non-hydrogen) atoms. The van der Waals surface area contributed by atoms with E-state index in [4.69, 9.17) is 8.53 Å². The van der Waals surface area contributed by atoms with Gasteiger partial charge in [-0.25, -0.2) is 4.98 Å². The Morgan fingerprint density at radius 2 is 2.25 bits per heavy atom. The molecule has 0 spiro atoms. The average Bonchev–Trinajstić information content (AvgIpc) is 3.12. The van der Waals surface area contributed by atoms with Crippen LogP contribution in [-0.2, 0) is 13.5 Å². The molecule has 4 aromatic rings. The molecule has 0 bridgehead atoms. The van der Waals surface area contributed by atoms with Crippen LogP contribution >= 0.6 is 0 Å². The van der Waals surface area contributed by atoms with E-state index in [0.717, 1.165) is 11.1 Å². The Kier molecular flexibility index (Phi) is 1.29. The lowest BCUT2D eigenvalue weighted by atomic mass is 10.1. The number of benzene rings is 1. The number of oxazole rings is 1. The molecule has 0 unspecified atom stereocenters. The van der Waals surface area contributed by atoms with Gasteiger partial charge in [0.2, 0.25) is 0 Å². The van der Waals surface area contributed by atoms with Gasteiger partial charge in [0.05, 0.1) is 11.1 Å². The summed E-state index contributed by atoms with van der Waals surface area (Å²) in [6, 6.07) is 11.5. The minimum Gasteiger partial charge on any atom is -0.380 e. The molecule has 1 aliphatic heterocycles. The van der Waals surface area contributed by atoms with Crippen molar-refractivity contribution in [3.8, 4) is 11.5 Å². The predicted octanol–water partition coefficient (Wildman–Crippen LogP) is 2.64. The molecule has 0 amide bonds. The van der Waals surface area contributed by atoms with Crippen molar-refractivity contribution >= 4 is 22.3 Å². The molecule has 0 radical (unpaired) electrons. The van der Waals surface area contributed by atoms with Gasteiger partial charge in [0.25, 0.3) is 11.2 Å². The van der Waals surface area contributed by atoms with E-state index in [0.29, 0.717) is 29.2 Å². The van der Waals surface area contributed by atoms with Crippen LogP contribution < -0.4 is 4.57 Å². The lowest BCUT2D eigenvalue weighted by Crippen LogP contribution is -2.30. The topological polar surface area (TPSA) is 34.8 Å². The number of aromatic nitrogens is 3. The van der Waals surface area contributed by atoms with E-state index in [1.807, 2.05) is 22.8 Å². The predicted molar refractivity (Wildman–Crippen MR) is 75.2 cm³/mol. The Labute approximate surface area is 119 Å². The maximum absolute atomic E-state index is 7.85. The van der Waals surface area contributed by atoms with Crippen LogP contribution in [0.5, 0.6) is 0 Å². The van der Waals surface area contributed by atoms with Crippen molar-refractivity contribution < 1.29 is 13.1 Å². The molecule has 1 aliphatic rings. The highest BCUT2D eigenvalue weighted by atomic mass is 16.4. The van der Waals surface area contributed by atoms with Gasteiger partial charge in [-0.1, -0.05) is 18.2 Å². The quantitative estimate of drug-likeness (QED) is 0.403.